The average Bonchev–Trinajstić information content (AvgIpc) is 2.92. The van der Waals surface area contributed by atoms with Gasteiger partial charge in [0.05, 0.1) is 18.2 Å². The number of aryl methyl sites for hydroxylation is 3. The van der Waals surface area contributed by atoms with Gasteiger partial charge in [-0.2, -0.15) is 0 Å². The van der Waals surface area contributed by atoms with Gasteiger partial charge in [0.2, 0.25) is 0 Å². The van der Waals surface area contributed by atoms with Gasteiger partial charge in [-0.25, -0.2) is 0 Å². The third-order valence-corrected chi connectivity index (χ3v) is 9.89. The number of likely N-dealkylation sites (N-methyl/N-ethyl adjacent to an activating group) is 1. The Morgan fingerprint density at radius 3 is 1.93 bits per heavy atom. The van der Waals surface area contributed by atoms with Gasteiger partial charge in [0.25, 0.3) is 0 Å². The monoisotopic (exact) mass is 607 g/mol. The van der Waals surface area contributed by atoms with E-state index < -0.39 is 5.79 Å². The minimum Gasteiger partial charge on any atom is -0.364 e. The Morgan fingerprint density at radius 2 is 1.38 bits per heavy atom. The lowest BCUT2D eigenvalue weighted by Gasteiger charge is -2.51. The molecule has 0 aromatic heterocycles. The van der Waals surface area contributed by atoms with Crippen molar-refractivity contribution < 1.29 is 9.47 Å². The lowest BCUT2D eigenvalue weighted by atomic mass is 9.77. The van der Waals surface area contributed by atoms with Gasteiger partial charge in [0.1, 0.15) is 0 Å². The fourth-order valence-corrected chi connectivity index (χ4v) is 7.38. The van der Waals surface area contributed by atoms with Gasteiger partial charge in [-0.3, -0.25) is 0 Å². The van der Waals surface area contributed by atoms with Crippen molar-refractivity contribution in [1.82, 2.24) is 0 Å². The van der Waals surface area contributed by atoms with Crippen molar-refractivity contribution in [2.24, 2.45) is 16.7 Å². The van der Waals surface area contributed by atoms with E-state index >= 15 is 0 Å². The van der Waals surface area contributed by atoms with Gasteiger partial charge in [0, 0.05) is 30.3 Å². The van der Waals surface area contributed by atoms with Crippen LogP contribution in [0.2, 0.25) is 0 Å². The molecule has 0 N–H and O–H groups in total. The molecule has 5 rings (SSSR count). The topological polar surface area (TPSA) is 21.7 Å². The molecule has 0 bridgehead atoms. The first-order chi connectivity index (χ1) is 20.9. The summed E-state index contributed by atoms with van der Waals surface area (Å²) in [6.45, 7) is 27.2. The Morgan fingerprint density at radius 1 is 0.800 bits per heavy atom. The third-order valence-electron chi connectivity index (χ3n) is 9.89. The summed E-state index contributed by atoms with van der Waals surface area (Å²) < 4.78 is 14.2. The Balaban J connectivity index is 1.67. The summed E-state index contributed by atoms with van der Waals surface area (Å²) in [4.78, 5) is 2.46. The van der Waals surface area contributed by atoms with E-state index in [4.69, 9.17) is 9.47 Å². The van der Waals surface area contributed by atoms with Gasteiger partial charge >= 0.3 is 0 Å². The van der Waals surface area contributed by atoms with E-state index in [0.29, 0.717) is 5.92 Å². The Hall–Kier alpha value is -2.88. The summed E-state index contributed by atoms with van der Waals surface area (Å²) >= 11 is 0. The fourth-order valence-electron chi connectivity index (χ4n) is 7.38. The summed E-state index contributed by atoms with van der Waals surface area (Å²) in [5.41, 5.74) is 12.8. The molecule has 0 saturated carbocycles. The first-order valence-corrected chi connectivity index (χ1v) is 17.0. The zero-order valence-electron chi connectivity index (χ0n) is 30.3. The molecule has 3 atom stereocenters. The number of rotatable bonds is 5. The van der Waals surface area contributed by atoms with Crippen LogP contribution < -0.4 is 4.90 Å². The summed E-state index contributed by atoms with van der Waals surface area (Å²) in [6, 6.07) is 20.6. The van der Waals surface area contributed by atoms with Crippen molar-refractivity contribution in [3.05, 3.63) is 94.1 Å². The molecule has 3 aromatic rings. The summed E-state index contributed by atoms with van der Waals surface area (Å²) in [6.07, 6.45) is 4.59. The van der Waals surface area contributed by atoms with E-state index in [2.05, 4.69) is 156 Å². The fraction of sp³-hybridized carbons (Fsp3) is 0.524. The molecule has 3 aromatic carbocycles. The first-order valence-electron chi connectivity index (χ1n) is 17.0. The second-order valence-corrected chi connectivity index (χ2v) is 16.6. The molecule has 2 heterocycles. The highest BCUT2D eigenvalue weighted by molar-refractivity contribution is 5.85. The largest absolute Gasteiger partial charge is 0.364 e. The second kappa shape index (κ2) is 12.0. The smallest absolute Gasteiger partial charge is 0.193 e. The average molecular weight is 608 g/mol. The van der Waals surface area contributed by atoms with Crippen LogP contribution in [0.25, 0.3) is 16.7 Å². The molecule has 3 nitrogen and oxygen atoms in total. The summed E-state index contributed by atoms with van der Waals surface area (Å²) in [5, 5.41) is 0. The van der Waals surface area contributed by atoms with E-state index in [1.165, 1.54) is 55.8 Å². The van der Waals surface area contributed by atoms with Gasteiger partial charge in [-0.15, -0.1) is 0 Å². The van der Waals surface area contributed by atoms with Crippen LogP contribution in [0.5, 0.6) is 0 Å². The Kier molecular flexibility index (Phi) is 8.96. The Labute approximate surface area is 274 Å². The molecule has 3 heteroatoms. The van der Waals surface area contributed by atoms with Crippen LogP contribution in [0.15, 0.2) is 60.7 Å². The van der Waals surface area contributed by atoms with Crippen LogP contribution in [0.1, 0.15) is 115 Å². The first kappa shape index (κ1) is 33.5. The van der Waals surface area contributed by atoms with Crippen molar-refractivity contribution in [2.75, 3.05) is 11.9 Å². The van der Waals surface area contributed by atoms with Crippen molar-refractivity contribution in [3.8, 4) is 11.1 Å². The standard InChI is InChI=1S/C42H57NO2/c1-26(2)20-32-24-36(43(13)35-19-18-31(23-33(32)35)30-16-14-27(3)15-17-30)34-22-28(4)21-29(5)39(34)42(12)44-37(40(6,7)8)25-38(45-42)41(9,10)11/h14-19,21-24,26,36-38H,20,25H2,1-13H3. The Bertz CT molecular complexity index is 1540. The molecular formula is C42H57NO2. The molecule has 1 saturated heterocycles. The predicted octanol–water partition coefficient (Wildman–Crippen LogP) is 11.3. The minimum absolute atomic E-state index is 0.00658. The number of nitrogens with zero attached hydrogens (tertiary/aromatic N) is 1. The molecule has 1 fully saturated rings. The van der Waals surface area contributed by atoms with Gasteiger partial charge in [-0.05, 0) is 90.8 Å². The maximum Gasteiger partial charge on any atom is 0.193 e. The van der Waals surface area contributed by atoms with Crippen molar-refractivity contribution >= 4 is 11.3 Å². The number of hydrogen-bond donors (Lipinski definition) is 0. The van der Waals surface area contributed by atoms with Crippen LogP contribution in [-0.2, 0) is 15.3 Å². The van der Waals surface area contributed by atoms with Crippen LogP contribution in [0.3, 0.4) is 0 Å². The molecule has 45 heavy (non-hydrogen) atoms. The van der Waals surface area contributed by atoms with Gasteiger partial charge in [0.15, 0.2) is 5.79 Å². The minimum atomic E-state index is -0.871. The maximum atomic E-state index is 7.11. The van der Waals surface area contributed by atoms with Crippen LogP contribution in [0.4, 0.5) is 5.69 Å². The van der Waals surface area contributed by atoms with E-state index in [9.17, 15) is 0 Å². The third kappa shape index (κ3) is 6.81. The quantitative estimate of drug-likeness (QED) is 0.288. The second-order valence-electron chi connectivity index (χ2n) is 16.6. The molecule has 2 aliphatic heterocycles. The van der Waals surface area contributed by atoms with Crippen LogP contribution in [0, 0.1) is 37.5 Å². The van der Waals surface area contributed by atoms with Crippen molar-refractivity contribution in [3.63, 3.8) is 0 Å². The van der Waals surface area contributed by atoms with Gasteiger partial charge < -0.3 is 14.4 Å². The zero-order chi connectivity index (χ0) is 33.1. The maximum absolute atomic E-state index is 7.11. The lowest BCUT2D eigenvalue weighted by Crippen LogP contribution is -2.53. The van der Waals surface area contributed by atoms with Crippen LogP contribution in [-0.4, -0.2) is 19.3 Å². The number of fused-ring (bicyclic) bond motifs is 1. The molecular weight excluding hydrogens is 550 g/mol. The van der Waals surface area contributed by atoms with Crippen LogP contribution >= 0.6 is 0 Å². The highest BCUT2D eigenvalue weighted by Gasteiger charge is 2.49. The molecule has 2 aliphatic rings. The SMILES string of the molecule is Cc1ccc(-c2ccc3c(c2)C(CC(C)C)=CC(c2cc(C)cc(C)c2C2(C)OC(C(C)(C)C)CC(C(C)(C)C)O2)N3C)cc1. The predicted molar refractivity (Wildman–Crippen MR) is 192 cm³/mol. The van der Waals surface area contributed by atoms with E-state index in [-0.39, 0.29) is 29.1 Å². The molecule has 3 unspecified atom stereocenters. The van der Waals surface area contributed by atoms with E-state index in [1.807, 2.05) is 0 Å². The normalized spacial score (nSPS) is 24.1. The summed E-state index contributed by atoms with van der Waals surface area (Å²) in [7, 11) is 2.25. The number of anilines is 1. The molecule has 0 aliphatic carbocycles. The summed E-state index contributed by atoms with van der Waals surface area (Å²) in [5.74, 6) is -0.332. The molecule has 0 amide bonds. The lowest BCUT2D eigenvalue weighted by molar-refractivity contribution is -0.346. The van der Waals surface area contributed by atoms with Crippen molar-refractivity contribution in [1.29, 1.82) is 0 Å². The zero-order valence-corrected chi connectivity index (χ0v) is 30.3. The number of allylic oxidation sites excluding steroid dienone is 1. The number of hydrogen-bond acceptors (Lipinski definition) is 3. The molecule has 0 radical (unpaired) electrons. The van der Waals surface area contributed by atoms with E-state index in [1.54, 1.807) is 0 Å². The van der Waals surface area contributed by atoms with Gasteiger partial charge in [-0.1, -0.05) is 115 Å². The number of ether oxygens (including phenoxy) is 2. The van der Waals surface area contributed by atoms with E-state index in [0.717, 1.165) is 12.8 Å². The van der Waals surface area contributed by atoms with Crippen molar-refractivity contribution in [2.45, 2.75) is 120 Å². The highest BCUT2D eigenvalue weighted by atomic mass is 16.7. The molecule has 0 spiro atoms. The highest BCUT2D eigenvalue weighted by Crippen LogP contribution is 2.50. The number of benzene rings is 3. The molecule has 242 valence electrons.